The summed E-state index contributed by atoms with van der Waals surface area (Å²) in [6, 6.07) is 18.6. The SMILES string of the molecule is Cc1ncc2c(n1)-c1ccccc1N(C(=O)c1ccc(NC(=O)c3ccc(F)cc3C)cc1)CC2. The summed E-state index contributed by atoms with van der Waals surface area (Å²) >= 11 is 0. The van der Waals surface area contributed by atoms with Gasteiger partial charge in [-0.2, -0.15) is 0 Å². The number of rotatable bonds is 3. The molecule has 2 heterocycles. The molecule has 0 atom stereocenters. The van der Waals surface area contributed by atoms with E-state index in [1.807, 2.05) is 37.4 Å². The first-order chi connectivity index (χ1) is 16.9. The number of halogens is 1. The zero-order chi connectivity index (χ0) is 24.5. The van der Waals surface area contributed by atoms with E-state index in [0.717, 1.165) is 22.5 Å². The standard InChI is InChI=1S/C28H23FN4O2/c1-17-15-21(29)9-12-23(17)27(34)32-22-10-7-19(8-11-22)28(35)33-14-13-20-16-30-18(2)31-26(20)24-5-3-4-6-25(24)33/h3-12,15-16H,13-14H2,1-2H3,(H,32,34). The molecule has 7 heteroatoms. The number of amides is 2. The Hall–Kier alpha value is -4.39. The van der Waals surface area contributed by atoms with Crippen LogP contribution < -0.4 is 10.2 Å². The molecule has 0 saturated carbocycles. The van der Waals surface area contributed by atoms with Crippen molar-refractivity contribution in [3.8, 4) is 11.3 Å². The van der Waals surface area contributed by atoms with Crippen LogP contribution >= 0.6 is 0 Å². The minimum absolute atomic E-state index is 0.137. The minimum atomic E-state index is -0.387. The average molecular weight is 467 g/mol. The summed E-state index contributed by atoms with van der Waals surface area (Å²) in [4.78, 5) is 36.9. The van der Waals surface area contributed by atoms with Crippen molar-refractivity contribution in [2.24, 2.45) is 0 Å². The highest BCUT2D eigenvalue weighted by Crippen LogP contribution is 2.35. The topological polar surface area (TPSA) is 75.2 Å². The minimum Gasteiger partial charge on any atom is -0.322 e. The normalized spacial score (nSPS) is 12.4. The van der Waals surface area contributed by atoms with Crippen molar-refractivity contribution in [3.05, 3.63) is 107 Å². The van der Waals surface area contributed by atoms with Gasteiger partial charge in [0.15, 0.2) is 0 Å². The van der Waals surface area contributed by atoms with Crippen LogP contribution in [0.2, 0.25) is 0 Å². The number of para-hydroxylation sites is 1. The van der Waals surface area contributed by atoms with Gasteiger partial charge in [-0.05, 0) is 79.9 Å². The van der Waals surface area contributed by atoms with Gasteiger partial charge in [0.25, 0.3) is 11.8 Å². The van der Waals surface area contributed by atoms with Gasteiger partial charge in [0.05, 0.1) is 11.4 Å². The van der Waals surface area contributed by atoms with E-state index in [0.29, 0.717) is 41.2 Å². The maximum Gasteiger partial charge on any atom is 0.258 e. The van der Waals surface area contributed by atoms with Crippen molar-refractivity contribution in [3.63, 3.8) is 0 Å². The van der Waals surface area contributed by atoms with E-state index < -0.39 is 0 Å². The average Bonchev–Trinajstić information content (AvgIpc) is 3.01. The number of carbonyl (C=O) groups excluding carboxylic acids is 2. The monoisotopic (exact) mass is 466 g/mol. The van der Waals surface area contributed by atoms with E-state index >= 15 is 0 Å². The molecular weight excluding hydrogens is 443 g/mol. The van der Waals surface area contributed by atoms with Gasteiger partial charge in [-0.15, -0.1) is 0 Å². The van der Waals surface area contributed by atoms with Crippen LogP contribution in [0.4, 0.5) is 15.8 Å². The zero-order valence-electron chi connectivity index (χ0n) is 19.4. The quantitative estimate of drug-likeness (QED) is 0.441. The number of benzene rings is 3. The number of fused-ring (bicyclic) bond motifs is 3. The molecule has 0 bridgehead atoms. The van der Waals surface area contributed by atoms with Crippen molar-refractivity contribution in [1.82, 2.24) is 9.97 Å². The van der Waals surface area contributed by atoms with Crippen LogP contribution in [0, 0.1) is 19.7 Å². The highest BCUT2D eigenvalue weighted by atomic mass is 19.1. The first-order valence-electron chi connectivity index (χ1n) is 11.3. The largest absolute Gasteiger partial charge is 0.322 e. The van der Waals surface area contributed by atoms with Gasteiger partial charge in [0, 0.05) is 35.1 Å². The van der Waals surface area contributed by atoms with Gasteiger partial charge in [0.1, 0.15) is 11.6 Å². The molecule has 1 aliphatic heterocycles. The fourth-order valence-electron chi connectivity index (χ4n) is 4.32. The van der Waals surface area contributed by atoms with E-state index in [-0.39, 0.29) is 17.6 Å². The number of aromatic nitrogens is 2. The summed E-state index contributed by atoms with van der Waals surface area (Å²) in [5.74, 6) is -0.173. The van der Waals surface area contributed by atoms with Crippen molar-refractivity contribution >= 4 is 23.2 Å². The Morgan fingerprint density at radius 3 is 2.54 bits per heavy atom. The molecule has 1 aromatic heterocycles. The Labute approximate surface area is 202 Å². The van der Waals surface area contributed by atoms with Gasteiger partial charge in [-0.1, -0.05) is 18.2 Å². The van der Waals surface area contributed by atoms with E-state index in [4.69, 9.17) is 0 Å². The molecule has 35 heavy (non-hydrogen) atoms. The molecule has 5 rings (SSSR count). The molecule has 0 radical (unpaired) electrons. The van der Waals surface area contributed by atoms with Gasteiger partial charge in [0.2, 0.25) is 0 Å². The lowest BCUT2D eigenvalue weighted by Gasteiger charge is -2.23. The molecule has 6 nitrogen and oxygen atoms in total. The first-order valence-corrected chi connectivity index (χ1v) is 11.3. The zero-order valence-corrected chi connectivity index (χ0v) is 19.4. The maximum absolute atomic E-state index is 13.5. The summed E-state index contributed by atoms with van der Waals surface area (Å²) < 4.78 is 13.4. The maximum atomic E-state index is 13.5. The van der Waals surface area contributed by atoms with E-state index in [2.05, 4.69) is 15.3 Å². The molecule has 0 spiro atoms. The first kappa shape index (κ1) is 22.4. The summed E-state index contributed by atoms with van der Waals surface area (Å²) in [5, 5.41) is 2.81. The molecule has 174 valence electrons. The molecule has 4 aromatic rings. The smallest absolute Gasteiger partial charge is 0.258 e. The number of hydrogen-bond acceptors (Lipinski definition) is 4. The third-order valence-electron chi connectivity index (χ3n) is 6.11. The van der Waals surface area contributed by atoms with Crippen LogP contribution in [0.1, 0.15) is 37.7 Å². The third-order valence-corrected chi connectivity index (χ3v) is 6.11. The van der Waals surface area contributed by atoms with Crippen LogP contribution in [0.5, 0.6) is 0 Å². The van der Waals surface area contributed by atoms with Crippen molar-refractivity contribution in [2.45, 2.75) is 20.3 Å². The second-order valence-corrected chi connectivity index (χ2v) is 8.51. The molecule has 3 aromatic carbocycles. The lowest BCUT2D eigenvalue weighted by Crippen LogP contribution is -2.32. The number of aryl methyl sites for hydroxylation is 2. The fourth-order valence-corrected chi connectivity index (χ4v) is 4.32. The molecule has 0 fully saturated rings. The molecule has 2 amide bonds. The number of carbonyl (C=O) groups is 2. The lowest BCUT2D eigenvalue weighted by molar-refractivity contribution is 0.0986. The number of nitrogens with zero attached hydrogens (tertiary/aromatic N) is 3. The van der Waals surface area contributed by atoms with Crippen molar-refractivity contribution in [2.75, 3.05) is 16.8 Å². The highest BCUT2D eigenvalue weighted by Gasteiger charge is 2.26. The predicted octanol–water partition coefficient (Wildman–Crippen LogP) is 5.35. The van der Waals surface area contributed by atoms with E-state index in [1.54, 1.807) is 36.1 Å². The summed E-state index contributed by atoms with van der Waals surface area (Å²) in [5.41, 5.74) is 5.57. The summed E-state index contributed by atoms with van der Waals surface area (Å²) in [6.45, 7) is 4.04. The van der Waals surface area contributed by atoms with Gasteiger partial charge in [-0.3, -0.25) is 9.59 Å². The Morgan fingerprint density at radius 1 is 1.00 bits per heavy atom. The van der Waals surface area contributed by atoms with Crippen LogP contribution in [-0.2, 0) is 6.42 Å². The van der Waals surface area contributed by atoms with Gasteiger partial charge >= 0.3 is 0 Å². The Bertz CT molecular complexity index is 1450. The van der Waals surface area contributed by atoms with Crippen molar-refractivity contribution < 1.29 is 14.0 Å². The van der Waals surface area contributed by atoms with Crippen molar-refractivity contribution in [1.29, 1.82) is 0 Å². The number of anilines is 2. The second-order valence-electron chi connectivity index (χ2n) is 8.51. The second kappa shape index (κ2) is 9.10. The van der Waals surface area contributed by atoms with Gasteiger partial charge < -0.3 is 10.2 Å². The van der Waals surface area contributed by atoms with Crippen LogP contribution in [0.3, 0.4) is 0 Å². The molecule has 1 N–H and O–H groups in total. The highest BCUT2D eigenvalue weighted by molar-refractivity contribution is 6.09. The lowest BCUT2D eigenvalue weighted by atomic mass is 10.0. The van der Waals surface area contributed by atoms with Gasteiger partial charge in [-0.25, -0.2) is 14.4 Å². The number of hydrogen-bond donors (Lipinski definition) is 1. The Kier molecular flexibility index (Phi) is 5.82. The molecule has 0 unspecified atom stereocenters. The molecular formula is C28H23FN4O2. The van der Waals surface area contributed by atoms with Crippen LogP contribution in [0.15, 0.2) is 72.9 Å². The summed E-state index contributed by atoms with van der Waals surface area (Å²) in [7, 11) is 0. The molecule has 1 aliphatic rings. The Balaban J connectivity index is 1.39. The molecule has 0 aliphatic carbocycles. The third kappa shape index (κ3) is 4.40. The van der Waals surface area contributed by atoms with E-state index in [1.165, 1.54) is 18.2 Å². The Morgan fingerprint density at radius 2 is 1.77 bits per heavy atom. The molecule has 0 saturated heterocycles. The van der Waals surface area contributed by atoms with Crippen LogP contribution in [0.25, 0.3) is 11.3 Å². The van der Waals surface area contributed by atoms with Crippen LogP contribution in [-0.4, -0.2) is 28.3 Å². The number of nitrogens with one attached hydrogen (secondary N) is 1. The predicted molar refractivity (Wildman–Crippen MR) is 133 cm³/mol. The fraction of sp³-hybridized carbons (Fsp3) is 0.143. The van der Waals surface area contributed by atoms with E-state index in [9.17, 15) is 14.0 Å². The summed E-state index contributed by atoms with van der Waals surface area (Å²) in [6.07, 6.45) is 2.48.